The van der Waals surface area contributed by atoms with Gasteiger partial charge in [0.1, 0.15) is 0 Å². The first-order chi connectivity index (χ1) is 28.7. The molecule has 0 unspecified atom stereocenters. The number of nitrogens with zero attached hydrogens (tertiary/aromatic N) is 2. The topological polar surface area (TPSA) is 8.17 Å². The van der Waals surface area contributed by atoms with Crippen LogP contribution in [0.5, 0.6) is 0 Å². The van der Waals surface area contributed by atoms with Gasteiger partial charge >= 0.3 is 0 Å². The van der Waals surface area contributed by atoms with E-state index >= 15 is 0 Å². The summed E-state index contributed by atoms with van der Waals surface area (Å²) < 4.78 is 2.38. The third kappa shape index (κ3) is 5.91. The summed E-state index contributed by atoms with van der Waals surface area (Å²) in [5.74, 6) is 0. The van der Waals surface area contributed by atoms with Gasteiger partial charge in [0.25, 0.3) is 0 Å². The summed E-state index contributed by atoms with van der Waals surface area (Å²) in [5, 5.41) is 7.37. The summed E-state index contributed by atoms with van der Waals surface area (Å²) in [5.41, 5.74) is 14.1. The van der Waals surface area contributed by atoms with E-state index in [0.29, 0.717) is 0 Å². The molecule has 272 valence electrons. The SMILES string of the molecule is c1ccc(-c2ccccc2N(c2ccc3ccc(-c4ccc(-c5ccc6ccccc6c5)cc4)cc3c2)c2ccc3c(c2)c2ccccc2n3-c2ccccc2)cc1. The van der Waals surface area contributed by atoms with Crippen molar-refractivity contribution >= 4 is 60.4 Å². The van der Waals surface area contributed by atoms with Crippen LogP contribution in [0.1, 0.15) is 0 Å². The molecule has 0 fully saturated rings. The lowest BCUT2D eigenvalue weighted by Gasteiger charge is -2.28. The number of aromatic nitrogens is 1. The summed E-state index contributed by atoms with van der Waals surface area (Å²) in [6.07, 6.45) is 0. The number of hydrogen-bond acceptors (Lipinski definition) is 1. The fourth-order valence-corrected chi connectivity index (χ4v) is 8.69. The Labute approximate surface area is 338 Å². The first-order valence-electron chi connectivity index (χ1n) is 19.9. The van der Waals surface area contributed by atoms with Gasteiger partial charge in [-0.05, 0) is 116 Å². The lowest BCUT2D eigenvalue weighted by Crippen LogP contribution is -2.11. The van der Waals surface area contributed by atoms with Crippen LogP contribution in [0.2, 0.25) is 0 Å². The molecule has 0 amide bonds. The number of benzene rings is 10. The lowest BCUT2D eigenvalue weighted by atomic mass is 9.97. The Morgan fingerprint density at radius 3 is 1.60 bits per heavy atom. The molecule has 2 nitrogen and oxygen atoms in total. The maximum Gasteiger partial charge on any atom is 0.0542 e. The van der Waals surface area contributed by atoms with Crippen LogP contribution in [0.4, 0.5) is 17.1 Å². The second kappa shape index (κ2) is 14.1. The zero-order valence-electron chi connectivity index (χ0n) is 31.8. The van der Waals surface area contributed by atoms with Crippen molar-refractivity contribution in [1.82, 2.24) is 4.57 Å². The molecule has 11 rings (SSSR count). The zero-order valence-corrected chi connectivity index (χ0v) is 31.8. The van der Waals surface area contributed by atoms with Gasteiger partial charge in [-0.1, -0.05) is 164 Å². The number of rotatable bonds is 7. The molecule has 10 aromatic carbocycles. The van der Waals surface area contributed by atoms with Gasteiger partial charge < -0.3 is 9.47 Å². The van der Waals surface area contributed by atoms with Crippen LogP contribution in [0.3, 0.4) is 0 Å². The van der Waals surface area contributed by atoms with Crippen molar-refractivity contribution < 1.29 is 0 Å². The van der Waals surface area contributed by atoms with Crippen LogP contribution in [0.15, 0.2) is 231 Å². The number of fused-ring (bicyclic) bond motifs is 5. The Morgan fingerprint density at radius 1 is 0.293 bits per heavy atom. The van der Waals surface area contributed by atoms with Gasteiger partial charge in [-0.15, -0.1) is 0 Å². The summed E-state index contributed by atoms with van der Waals surface area (Å²) in [4.78, 5) is 2.43. The van der Waals surface area contributed by atoms with Gasteiger partial charge in [0.15, 0.2) is 0 Å². The molecule has 0 aliphatic rings. The maximum atomic E-state index is 2.43. The second-order valence-electron chi connectivity index (χ2n) is 15.0. The highest BCUT2D eigenvalue weighted by Gasteiger charge is 2.20. The fraction of sp³-hybridized carbons (Fsp3) is 0. The van der Waals surface area contributed by atoms with Crippen LogP contribution in [-0.2, 0) is 0 Å². The third-order valence-corrected chi connectivity index (χ3v) is 11.5. The largest absolute Gasteiger partial charge is 0.310 e. The zero-order chi connectivity index (χ0) is 38.4. The van der Waals surface area contributed by atoms with Crippen molar-refractivity contribution in [2.75, 3.05) is 4.90 Å². The molecule has 1 aromatic heterocycles. The molecule has 1 heterocycles. The van der Waals surface area contributed by atoms with E-state index in [-0.39, 0.29) is 0 Å². The molecule has 2 heteroatoms. The summed E-state index contributed by atoms with van der Waals surface area (Å²) in [7, 11) is 0. The van der Waals surface area contributed by atoms with Crippen molar-refractivity contribution in [2.45, 2.75) is 0 Å². The van der Waals surface area contributed by atoms with E-state index in [4.69, 9.17) is 0 Å². The Morgan fingerprint density at radius 2 is 0.828 bits per heavy atom. The van der Waals surface area contributed by atoms with Crippen molar-refractivity contribution in [3.05, 3.63) is 231 Å². The van der Waals surface area contributed by atoms with E-state index in [9.17, 15) is 0 Å². The van der Waals surface area contributed by atoms with E-state index in [1.54, 1.807) is 0 Å². The fourth-order valence-electron chi connectivity index (χ4n) is 8.69. The van der Waals surface area contributed by atoms with E-state index in [0.717, 1.165) is 22.7 Å². The smallest absolute Gasteiger partial charge is 0.0542 e. The van der Waals surface area contributed by atoms with Gasteiger partial charge in [-0.25, -0.2) is 0 Å². The van der Waals surface area contributed by atoms with Crippen LogP contribution in [-0.4, -0.2) is 4.57 Å². The third-order valence-electron chi connectivity index (χ3n) is 11.5. The molecule has 58 heavy (non-hydrogen) atoms. The van der Waals surface area contributed by atoms with E-state index in [1.165, 1.54) is 76.7 Å². The standard InChI is InChI=1S/C56H38N2/c1-3-14-43(15-4-1)51-19-9-11-21-54(51)57(50-33-34-56-53(38-50)52-20-10-12-22-55(52)58(56)48-17-5-2-6-18-48)49-32-31-42-28-30-46(36-47(42)37-49)41-25-23-40(24-26-41)45-29-27-39-13-7-8-16-44(39)35-45/h1-38H. The van der Waals surface area contributed by atoms with Gasteiger partial charge in [0.2, 0.25) is 0 Å². The highest BCUT2D eigenvalue weighted by molar-refractivity contribution is 6.11. The second-order valence-corrected chi connectivity index (χ2v) is 15.0. The molecule has 0 saturated heterocycles. The average molecular weight is 739 g/mol. The molecule has 0 saturated carbocycles. The Hall–Kier alpha value is -7.68. The number of hydrogen-bond donors (Lipinski definition) is 0. The first kappa shape index (κ1) is 33.6. The molecule has 0 aliphatic heterocycles. The highest BCUT2D eigenvalue weighted by atomic mass is 15.1. The molecule has 0 atom stereocenters. The molecule has 0 radical (unpaired) electrons. The van der Waals surface area contributed by atoms with Crippen molar-refractivity contribution in [1.29, 1.82) is 0 Å². The Kier molecular flexibility index (Phi) is 8.19. The molecule has 0 N–H and O–H groups in total. The molecule has 0 aliphatic carbocycles. The minimum atomic E-state index is 1.10. The molecular weight excluding hydrogens is 701 g/mol. The van der Waals surface area contributed by atoms with Crippen LogP contribution < -0.4 is 4.90 Å². The van der Waals surface area contributed by atoms with Crippen molar-refractivity contribution in [2.24, 2.45) is 0 Å². The van der Waals surface area contributed by atoms with Gasteiger partial charge in [0, 0.05) is 33.4 Å². The number of anilines is 3. The minimum absolute atomic E-state index is 1.10. The average Bonchev–Trinajstić information content (AvgIpc) is 3.63. The normalized spacial score (nSPS) is 11.4. The highest BCUT2D eigenvalue weighted by Crippen LogP contribution is 2.44. The maximum absolute atomic E-state index is 2.43. The van der Waals surface area contributed by atoms with Crippen molar-refractivity contribution in [3.8, 4) is 39.1 Å². The first-order valence-corrected chi connectivity index (χ1v) is 19.9. The molecular formula is C56H38N2. The van der Waals surface area contributed by atoms with Gasteiger partial charge in [-0.2, -0.15) is 0 Å². The van der Waals surface area contributed by atoms with E-state index in [2.05, 4.69) is 240 Å². The predicted octanol–water partition coefficient (Wildman–Crippen LogP) is 15.6. The quantitative estimate of drug-likeness (QED) is 0.158. The summed E-state index contributed by atoms with van der Waals surface area (Å²) in [6, 6.07) is 83.8. The van der Waals surface area contributed by atoms with Crippen LogP contribution in [0, 0.1) is 0 Å². The lowest BCUT2D eigenvalue weighted by molar-refractivity contribution is 1.18. The summed E-state index contributed by atoms with van der Waals surface area (Å²) in [6.45, 7) is 0. The minimum Gasteiger partial charge on any atom is -0.310 e. The monoisotopic (exact) mass is 738 g/mol. The predicted molar refractivity (Wildman–Crippen MR) is 247 cm³/mol. The Balaban J connectivity index is 1.05. The van der Waals surface area contributed by atoms with E-state index in [1.807, 2.05) is 0 Å². The Bertz CT molecular complexity index is 3270. The van der Waals surface area contributed by atoms with Gasteiger partial charge in [-0.3, -0.25) is 0 Å². The van der Waals surface area contributed by atoms with Gasteiger partial charge in [0.05, 0.1) is 16.7 Å². The van der Waals surface area contributed by atoms with E-state index < -0.39 is 0 Å². The van der Waals surface area contributed by atoms with Crippen LogP contribution in [0.25, 0.3) is 82.4 Å². The molecule has 11 aromatic rings. The molecule has 0 bridgehead atoms. The molecule has 0 spiro atoms. The van der Waals surface area contributed by atoms with Crippen LogP contribution >= 0.6 is 0 Å². The summed E-state index contributed by atoms with van der Waals surface area (Å²) >= 11 is 0. The van der Waals surface area contributed by atoms with Crippen molar-refractivity contribution in [3.63, 3.8) is 0 Å². The number of para-hydroxylation sites is 3.